The lowest BCUT2D eigenvalue weighted by atomic mass is 10.1. The highest BCUT2D eigenvalue weighted by molar-refractivity contribution is 5.94. The minimum absolute atomic E-state index is 0.00405. The van der Waals surface area contributed by atoms with Crippen LogP contribution < -0.4 is 10.5 Å². The molecule has 0 saturated carbocycles. The van der Waals surface area contributed by atoms with E-state index in [9.17, 15) is 9.59 Å². The molecule has 2 N–H and O–H groups in total. The second-order valence-electron chi connectivity index (χ2n) is 7.70. The Bertz CT molecular complexity index is 1300. The molecule has 0 atom stereocenters. The van der Waals surface area contributed by atoms with Crippen LogP contribution in [0, 0.1) is 6.92 Å². The fraction of sp³-hybridized carbons (Fsp3) is 0.217. The van der Waals surface area contributed by atoms with Gasteiger partial charge in [-0.15, -0.1) is 0 Å². The van der Waals surface area contributed by atoms with Gasteiger partial charge in [-0.1, -0.05) is 24.3 Å². The molecule has 0 radical (unpaired) electrons. The second kappa shape index (κ2) is 7.71. The largest absolute Gasteiger partial charge is 0.339 e. The first kappa shape index (κ1) is 19.0. The summed E-state index contributed by atoms with van der Waals surface area (Å²) in [4.78, 5) is 36.6. The standard InChI is InChI=1S/C23H22N6O2/c1-15-14-20(27-26-15)16-6-8-17(9-7-16)22(31)28-10-12-29(13-11-28)23-24-19-5-3-2-4-18(19)21(30)25-23/h2-9,14H,10-13H2,1H3,(H,26,27)(H,24,25,30). The predicted octanol–water partition coefficient (Wildman–Crippen LogP) is 2.58. The molecule has 0 bridgehead atoms. The SMILES string of the molecule is Cc1cc(-c2ccc(C(=O)N3CCN(c4nc5ccccc5c(=O)[nH]4)CC3)cc2)n[nH]1. The monoisotopic (exact) mass is 414 g/mol. The number of nitrogens with zero attached hydrogens (tertiary/aromatic N) is 4. The average molecular weight is 414 g/mol. The summed E-state index contributed by atoms with van der Waals surface area (Å²) in [5.41, 5.74) is 4.01. The number of nitrogens with one attached hydrogen (secondary N) is 2. The minimum Gasteiger partial charge on any atom is -0.339 e. The van der Waals surface area contributed by atoms with Gasteiger partial charge in [0.15, 0.2) is 0 Å². The average Bonchev–Trinajstić information content (AvgIpc) is 3.25. The third kappa shape index (κ3) is 3.68. The zero-order valence-electron chi connectivity index (χ0n) is 17.1. The highest BCUT2D eigenvalue weighted by atomic mass is 16.2. The van der Waals surface area contributed by atoms with E-state index in [1.807, 2.05) is 65.3 Å². The molecule has 0 spiro atoms. The Morgan fingerprint density at radius 2 is 1.74 bits per heavy atom. The number of carbonyl (C=O) groups is 1. The number of anilines is 1. The Labute approximate surface area is 178 Å². The number of fused-ring (bicyclic) bond motifs is 1. The van der Waals surface area contributed by atoms with Gasteiger partial charge < -0.3 is 9.80 Å². The molecule has 156 valence electrons. The number of aromatic nitrogens is 4. The zero-order valence-corrected chi connectivity index (χ0v) is 17.1. The van der Waals surface area contributed by atoms with Crippen molar-refractivity contribution in [2.75, 3.05) is 31.1 Å². The molecule has 1 aliphatic heterocycles. The van der Waals surface area contributed by atoms with Gasteiger partial charge in [0.25, 0.3) is 11.5 Å². The summed E-state index contributed by atoms with van der Waals surface area (Å²) in [6.45, 7) is 4.30. The normalized spacial score (nSPS) is 14.2. The van der Waals surface area contributed by atoms with Gasteiger partial charge in [0, 0.05) is 43.0 Å². The van der Waals surface area contributed by atoms with E-state index in [1.165, 1.54) is 0 Å². The molecule has 0 aliphatic carbocycles. The molecule has 4 aromatic rings. The maximum absolute atomic E-state index is 12.9. The number of hydrogen-bond donors (Lipinski definition) is 2. The number of aromatic amines is 2. The van der Waals surface area contributed by atoms with Crippen molar-refractivity contribution in [3.05, 3.63) is 76.2 Å². The van der Waals surface area contributed by atoms with Crippen LogP contribution in [0.3, 0.4) is 0 Å². The summed E-state index contributed by atoms with van der Waals surface area (Å²) in [5.74, 6) is 0.554. The molecule has 8 heteroatoms. The van der Waals surface area contributed by atoms with Crippen molar-refractivity contribution in [1.29, 1.82) is 0 Å². The molecular formula is C23H22N6O2. The summed E-state index contributed by atoms with van der Waals surface area (Å²) in [6, 6.07) is 16.8. The van der Waals surface area contributed by atoms with E-state index in [0.29, 0.717) is 48.6 Å². The number of piperazine rings is 1. The fourth-order valence-electron chi connectivity index (χ4n) is 3.88. The van der Waals surface area contributed by atoms with Crippen molar-refractivity contribution in [2.45, 2.75) is 6.92 Å². The first-order valence-electron chi connectivity index (χ1n) is 10.2. The van der Waals surface area contributed by atoms with Crippen LogP contribution >= 0.6 is 0 Å². The van der Waals surface area contributed by atoms with Gasteiger partial charge in [-0.3, -0.25) is 19.7 Å². The van der Waals surface area contributed by atoms with Crippen LogP contribution in [0.1, 0.15) is 16.1 Å². The molecule has 5 rings (SSSR count). The smallest absolute Gasteiger partial charge is 0.260 e. The number of amides is 1. The van der Waals surface area contributed by atoms with Gasteiger partial charge in [-0.05, 0) is 37.3 Å². The van der Waals surface area contributed by atoms with Gasteiger partial charge in [0.05, 0.1) is 16.6 Å². The van der Waals surface area contributed by atoms with Crippen molar-refractivity contribution in [2.24, 2.45) is 0 Å². The number of rotatable bonds is 3. The van der Waals surface area contributed by atoms with E-state index in [4.69, 9.17) is 0 Å². The molecule has 2 aromatic heterocycles. The summed E-state index contributed by atoms with van der Waals surface area (Å²) in [7, 11) is 0. The molecule has 1 amide bonds. The van der Waals surface area contributed by atoms with Gasteiger partial charge in [-0.25, -0.2) is 4.98 Å². The summed E-state index contributed by atoms with van der Waals surface area (Å²) in [6.07, 6.45) is 0. The maximum Gasteiger partial charge on any atom is 0.260 e. The lowest BCUT2D eigenvalue weighted by Gasteiger charge is -2.35. The Morgan fingerprint density at radius 1 is 1.00 bits per heavy atom. The van der Waals surface area contributed by atoms with Gasteiger partial charge >= 0.3 is 0 Å². The molecule has 1 saturated heterocycles. The van der Waals surface area contributed by atoms with Crippen molar-refractivity contribution < 1.29 is 4.79 Å². The Balaban J connectivity index is 1.27. The molecule has 0 unspecified atom stereocenters. The molecule has 2 aromatic carbocycles. The van der Waals surface area contributed by atoms with Crippen LogP contribution in [0.4, 0.5) is 5.95 Å². The van der Waals surface area contributed by atoms with E-state index < -0.39 is 0 Å². The number of para-hydroxylation sites is 1. The first-order chi connectivity index (χ1) is 15.1. The van der Waals surface area contributed by atoms with E-state index >= 15 is 0 Å². The highest BCUT2D eigenvalue weighted by Gasteiger charge is 2.23. The first-order valence-corrected chi connectivity index (χ1v) is 10.2. The van der Waals surface area contributed by atoms with Gasteiger partial charge in [0.1, 0.15) is 0 Å². The molecule has 1 aliphatic rings. The van der Waals surface area contributed by atoms with Crippen LogP contribution in [-0.4, -0.2) is 57.2 Å². The van der Waals surface area contributed by atoms with Crippen LogP contribution in [-0.2, 0) is 0 Å². The number of hydrogen-bond acceptors (Lipinski definition) is 5. The van der Waals surface area contributed by atoms with Crippen molar-refractivity contribution in [3.63, 3.8) is 0 Å². The summed E-state index contributed by atoms with van der Waals surface area (Å²) < 4.78 is 0. The third-order valence-electron chi connectivity index (χ3n) is 5.60. The number of carbonyl (C=O) groups excluding carboxylic acids is 1. The van der Waals surface area contributed by atoms with Gasteiger partial charge in [-0.2, -0.15) is 5.10 Å². The van der Waals surface area contributed by atoms with Crippen LogP contribution in [0.25, 0.3) is 22.2 Å². The number of benzene rings is 2. The number of H-pyrrole nitrogens is 2. The third-order valence-corrected chi connectivity index (χ3v) is 5.60. The maximum atomic E-state index is 12.9. The minimum atomic E-state index is -0.147. The second-order valence-corrected chi connectivity index (χ2v) is 7.70. The van der Waals surface area contributed by atoms with Crippen molar-refractivity contribution >= 4 is 22.8 Å². The Hall–Kier alpha value is -3.94. The van der Waals surface area contributed by atoms with E-state index in [-0.39, 0.29) is 11.5 Å². The zero-order chi connectivity index (χ0) is 21.4. The topological polar surface area (TPSA) is 98.0 Å². The highest BCUT2D eigenvalue weighted by Crippen LogP contribution is 2.20. The van der Waals surface area contributed by atoms with Gasteiger partial charge in [0.2, 0.25) is 5.95 Å². The fourth-order valence-corrected chi connectivity index (χ4v) is 3.88. The molecule has 31 heavy (non-hydrogen) atoms. The van der Waals surface area contributed by atoms with Crippen LogP contribution in [0.2, 0.25) is 0 Å². The quantitative estimate of drug-likeness (QED) is 0.537. The van der Waals surface area contributed by atoms with Crippen molar-refractivity contribution in [3.8, 4) is 11.3 Å². The lowest BCUT2D eigenvalue weighted by molar-refractivity contribution is 0.0746. The van der Waals surface area contributed by atoms with Crippen LogP contribution in [0.5, 0.6) is 0 Å². The lowest BCUT2D eigenvalue weighted by Crippen LogP contribution is -2.49. The molecular weight excluding hydrogens is 392 g/mol. The molecule has 1 fully saturated rings. The van der Waals surface area contributed by atoms with E-state index in [2.05, 4.69) is 20.2 Å². The Kier molecular flexibility index (Phi) is 4.74. The van der Waals surface area contributed by atoms with E-state index in [1.54, 1.807) is 6.07 Å². The summed E-state index contributed by atoms with van der Waals surface area (Å²) in [5, 5.41) is 7.76. The number of aryl methyl sites for hydroxylation is 1. The van der Waals surface area contributed by atoms with Crippen LogP contribution in [0.15, 0.2) is 59.4 Å². The molecule has 8 nitrogen and oxygen atoms in total. The Morgan fingerprint density at radius 3 is 2.45 bits per heavy atom. The van der Waals surface area contributed by atoms with Crippen molar-refractivity contribution in [1.82, 2.24) is 25.1 Å². The molecule has 3 heterocycles. The predicted molar refractivity (Wildman–Crippen MR) is 119 cm³/mol. The van der Waals surface area contributed by atoms with E-state index in [0.717, 1.165) is 17.0 Å². The summed E-state index contributed by atoms with van der Waals surface area (Å²) >= 11 is 0.